The van der Waals surface area contributed by atoms with Crippen molar-refractivity contribution in [2.24, 2.45) is 27.3 Å². The van der Waals surface area contributed by atoms with Gasteiger partial charge >= 0.3 is 5.97 Å². The van der Waals surface area contributed by atoms with E-state index in [-0.39, 0.29) is 6.42 Å². The van der Waals surface area contributed by atoms with Crippen molar-refractivity contribution in [2.75, 3.05) is 6.54 Å². The molecule has 1 aromatic carbocycles. The molecule has 112 valence electrons. The van der Waals surface area contributed by atoms with Crippen molar-refractivity contribution in [3.05, 3.63) is 35.9 Å². The van der Waals surface area contributed by atoms with E-state index in [4.69, 9.17) is 0 Å². The van der Waals surface area contributed by atoms with Crippen LogP contribution in [0.1, 0.15) is 18.9 Å². The van der Waals surface area contributed by atoms with Gasteiger partial charge in [-0.15, -0.1) is 5.10 Å². The van der Waals surface area contributed by atoms with Gasteiger partial charge in [-0.3, -0.25) is 4.79 Å². The molecule has 1 unspecified atom stereocenters. The molecular formula is C15H18FN3O2. The number of nitrogens with zero attached hydrogens (tertiary/aromatic N) is 3. The van der Waals surface area contributed by atoms with E-state index in [0.29, 0.717) is 18.7 Å². The number of carboxylic acids is 1. The Hall–Kier alpha value is -2.11. The number of hydrogen-bond donors (Lipinski definition) is 1. The quantitative estimate of drug-likeness (QED) is 0.838. The van der Waals surface area contributed by atoms with E-state index in [1.54, 1.807) is 0 Å². The molecule has 1 heterocycles. The van der Waals surface area contributed by atoms with Gasteiger partial charge in [0.15, 0.2) is 0 Å². The third kappa shape index (κ3) is 4.18. The fraction of sp³-hybridized carbons (Fsp3) is 0.467. The van der Waals surface area contributed by atoms with E-state index in [2.05, 4.69) is 15.4 Å². The number of alkyl halides is 1. The average molecular weight is 291 g/mol. The van der Waals surface area contributed by atoms with Gasteiger partial charge in [0, 0.05) is 5.92 Å². The Balaban J connectivity index is 2.24. The van der Waals surface area contributed by atoms with E-state index < -0.39 is 24.0 Å². The zero-order valence-electron chi connectivity index (χ0n) is 11.8. The van der Waals surface area contributed by atoms with Gasteiger partial charge in [-0.1, -0.05) is 30.3 Å². The first-order valence-electron chi connectivity index (χ1n) is 6.92. The van der Waals surface area contributed by atoms with Crippen molar-refractivity contribution in [3.63, 3.8) is 0 Å². The molecule has 0 spiro atoms. The first kappa shape index (κ1) is 15.3. The predicted octanol–water partition coefficient (Wildman–Crippen LogP) is 3.12. The first-order chi connectivity index (χ1) is 10.1. The Bertz CT molecular complexity index is 543. The molecule has 3 atom stereocenters. The summed E-state index contributed by atoms with van der Waals surface area (Å²) >= 11 is 0. The Morgan fingerprint density at radius 1 is 1.38 bits per heavy atom. The lowest BCUT2D eigenvalue weighted by Crippen LogP contribution is -2.34. The number of aliphatic carboxylic acids is 1. The largest absolute Gasteiger partial charge is 0.481 e. The monoisotopic (exact) mass is 291 g/mol. The first-order valence-corrected chi connectivity index (χ1v) is 6.92. The van der Waals surface area contributed by atoms with Crippen molar-refractivity contribution in [2.45, 2.75) is 25.9 Å². The molecular weight excluding hydrogens is 273 g/mol. The normalized spacial score (nSPS) is 18.1. The van der Waals surface area contributed by atoms with Gasteiger partial charge < -0.3 is 5.11 Å². The average Bonchev–Trinajstić information content (AvgIpc) is 2.97. The Kier molecular flexibility index (Phi) is 5.14. The van der Waals surface area contributed by atoms with Crippen molar-refractivity contribution in [3.8, 4) is 0 Å². The number of rotatable bonds is 7. The molecule has 0 fully saturated rings. The summed E-state index contributed by atoms with van der Waals surface area (Å²) in [6.45, 7) is 1.67. The highest BCUT2D eigenvalue weighted by atomic mass is 19.1. The van der Waals surface area contributed by atoms with Gasteiger partial charge in [0.1, 0.15) is 6.54 Å². The lowest BCUT2D eigenvalue weighted by Gasteiger charge is -2.24. The predicted molar refractivity (Wildman–Crippen MR) is 77.1 cm³/mol. The summed E-state index contributed by atoms with van der Waals surface area (Å²) in [5.41, 5.74) is 1.61. The van der Waals surface area contributed by atoms with E-state index in [9.17, 15) is 14.3 Å². The number of halogens is 1. The fourth-order valence-electron chi connectivity index (χ4n) is 2.56. The molecule has 0 saturated carbocycles. The molecule has 0 saturated heterocycles. The van der Waals surface area contributed by atoms with Crippen LogP contribution < -0.4 is 0 Å². The third-order valence-corrected chi connectivity index (χ3v) is 3.58. The van der Waals surface area contributed by atoms with E-state index in [0.717, 1.165) is 5.56 Å². The zero-order chi connectivity index (χ0) is 15.2. The van der Waals surface area contributed by atoms with E-state index in [1.807, 2.05) is 30.3 Å². The van der Waals surface area contributed by atoms with Crippen LogP contribution in [0.2, 0.25) is 0 Å². The molecule has 0 amide bonds. The summed E-state index contributed by atoms with van der Waals surface area (Å²) in [6.07, 6.45) is -0.722. The minimum atomic E-state index is -1.18. The summed E-state index contributed by atoms with van der Waals surface area (Å²) in [6, 6.07) is 9.54. The van der Waals surface area contributed by atoms with E-state index in [1.165, 1.54) is 6.92 Å². The highest BCUT2D eigenvalue weighted by molar-refractivity contribution is 5.92. The Morgan fingerprint density at radius 2 is 2.10 bits per heavy atom. The van der Waals surface area contributed by atoms with Gasteiger partial charge in [-0.05, 0) is 30.6 Å². The van der Waals surface area contributed by atoms with Crippen LogP contribution in [0.25, 0.3) is 0 Å². The number of carbonyl (C=O) groups is 1. The lowest BCUT2D eigenvalue weighted by atomic mass is 9.80. The highest BCUT2D eigenvalue weighted by Gasteiger charge is 2.34. The molecule has 0 aromatic heterocycles. The van der Waals surface area contributed by atoms with Crippen molar-refractivity contribution in [1.29, 1.82) is 0 Å². The van der Waals surface area contributed by atoms with Gasteiger partial charge in [0.25, 0.3) is 0 Å². The van der Waals surface area contributed by atoms with Crippen LogP contribution in [0.15, 0.2) is 45.8 Å². The van der Waals surface area contributed by atoms with Gasteiger partial charge in [0.2, 0.25) is 0 Å². The Morgan fingerprint density at radius 3 is 2.62 bits per heavy atom. The van der Waals surface area contributed by atoms with Crippen LogP contribution in [0.3, 0.4) is 0 Å². The molecule has 0 bridgehead atoms. The zero-order valence-corrected chi connectivity index (χ0v) is 11.8. The number of benzene rings is 1. The molecule has 6 heteroatoms. The molecule has 1 aliphatic heterocycles. The maximum absolute atomic E-state index is 13.3. The second-order valence-electron chi connectivity index (χ2n) is 5.24. The van der Waals surface area contributed by atoms with Crippen LogP contribution >= 0.6 is 0 Å². The standard InChI is InChI=1S/C15H18FN3O2/c1-10(16)7-13(15(20)21)12(14-9-17-19-18-14)8-11-5-3-2-4-6-11/h2-6,10,12-13H,7-9H2,1H3,(H,20,21)/t10?,12-,13-/m0/s1. The van der Waals surface area contributed by atoms with Gasteiger partial charge in [-0.2, -0.15) is 5.11 Å². The number of carboxylic acid groups (broad SMARTS) is 1. The fourth-order valence-corrected chi connectivity index (χ4v) is 2.56. The highest BCUT2D eigenvalue weighted by Crippen LogP contribution is 2.27. The van der Waals surface area contributed by atoms with Crippen LogP contribution in [0.4, 0.5) is 4.39 Å². The molecule has 2 rings (SSSR count). The van der Waals surface area contributed by atoms with E-state index >= 15 is 0 Å². The summed E-state index contributed by atoms with van der Waals surface area (Å²) in [4.78, 5) is 11.5. The molecule has 0 aliphatic carbocycles. The molecule has 1 N–H and O–H groups in total. The van der Waals surface area contributed by atoms with Crippen molar-refractivity contribution < 1.29 is 14.3 Å². The third-order valence-electron chi connectivity index (χ3n) is 3.58. The van der Waals surface area contributed by atoms with Crippen LogP contribution in [0, 0.1) is 11.8 Å². The summed E-state index contributed by atoms with van der Waals surface area (Å²) in [5.74, 6) is -2.22. The minimum Gasteiger partial charge on any atom is -0.481 e. The smallest absolute Gasteiger partial charge is 0.307 e. The summed E-state index contributed by atoms with van der Waals surface area (Å²) < 4.78 is 13.3. The van der Waals surface area contributed by atoms with Crippen molar-refractivity contribution in [1.82, 2.24) is 0 Å². The molecule has 5 nitrogen and oxygen atoms in total. The molecule has 21 heavy (non-hydrogen) atoms. The SMILES string of the molecule is CC(F)C[C@H](C(=O)O)[C@H](Cc1ccccc1)C1=NN=NC1. The second kappa shape index (κ2) is 7.06. The number of hydrogen-bond acceptors (Lipinski definition) is 4. The molecule has 0 radical (unpaired) electrons. The maximum atomic E-state index is 13.3. The molecule has 1 aromatic rings. The lowest BCUT2D eigenvalue weighted by molar-refractivity contribution is -0.143. The van der Waals surface area contributed by atoms with Gasteiger partial charge in [0.05, 0.1) is 17.8 Å². The van der Waals surface area contributed by atoms with Crippen LogP contribution in [-0.2, 0) is 11.2 Å². The Labute approximate surface area is 122 Å². The van der Waals surface area contributed by atoms with Crippen molar-refractivity contribution >= 4 is 11.7 Å². The van der Waals surface area contributed by atoms with Gasteiger partial charge in [-0.25, -0.2) is 4.39 Å². The summed E-state index contributed by atoms with van der Waals surface area (Å²) in [7, 11) is 0. The molecule has 1 aliphatic rings. The van der Waals surface area contributed by atoms with Crippen LogP contribution in [0.5, 0.6) is 0 Å². The maximum Gasteiger partial charge on any atom is 0.307 e. The van der Waals surface area contributed by atoms with Crippen LogP contribution in [-0.4, -0.2) is 29.5 Å². The minimum absolute atomic E-state index is 0.0359. The topological polar surface area (TPSA) is 74.4 Å². The summed E-state index contributed by atoms with van der Waals surface area (Å²) in [5, 5.41) is 20.7. The second-order valence-corrected chi connectivity index (χ2v) is 5.24.